The van der Waals surface area contributed by atoms with E-state index in [-0.39, 0.29) is 17.8 Å². The highest BCUT2D eigenvalue weighted by Gasteiger charge is 2.10. The maximum atomic E-state index is 12.9. The highest BCUT2D eigenvalue weighted by molar-refractivity contribution is 5.92. The summed E-state index contributed by atoms with van der Waals surface area (Å²) in [6, 6.07) is 17.9. The lowest BCUT2D eigenvalue weighted by molar-refractivity contribution is 0.0949. The van der Waals surface area contributed by atoms with Crippen LogP contribution in [0.15, 0.2) is 67.0 Å². The quantitative estimate of drug-likeness (QED) is 0.670. The molecule has 0 saturated carbocycles. The maximum absolute atomic E-state index is 12.9. The zero-order chi connectivity index (χ0) is 19.1. The molecule has 3 aromatic rings. The first-order chi connectivity index (χ1) is 13.1. The zero-order valence-electron chi connectivity index (χ0n) is 15.0. The Labute approximate surface area is 157 Å². The molecule has 0 aliphatic carbocycles. The van der Waals surface area contributed by atoms with Gasteiger partial charge in [0.05, 0.1) is 0 Å². The Morgan fingerprint density at radius 2 is 1.81 bits per heavy atom. The van der Waals surface area contributed by atoms with Gasteiger partial charge in [-0.2, -0.15) is 0 Å². The van der Waals surface area contributed by atoms with Crippen molar-refractivity contribution in [2.24, 2.45) is 0 Å². The van der Waals surface area contributed by atoms with E-state index in [9.17, 15) is 9.18 Å². The van der Waals surface area contributed by atoms with E-state index in [2.05, 4.69) is 20.6 Å². The van der Waals surface area contributed by atoms with Gasteiger partial charge in [-0.05, 0) is 36.6 Å². The van der Waals surface area contributed by atoms with Crippen LogP contribution in [0.25, 0.3) is 0 Å². The molecule has 3 rings (SSSR count). The van der Waals surface area contributed by atoms with Gasteiger partial charge in [-0.1, -0.05) is 42.5 Å². The van der Waals surface area contributed by atoms with Gasteiger partial charge >= 0.3 is 0 Å². The number of nitrogens with one attached hydrogen (secondary N) is 2. The van der Waals surface area contributed by atoms with E-state index in [4.69, 9.17) is 0 Å². The topological polar surface area (TPSA) is 66.9 Å². The van der Waals surface area contributed by atoms with E-state index in [1.54, 1.807) is 18.2 Å². The SMILES string of the molecule is CC(Nc1cc(C(=O)NCCc2ccc(F)cc2)ncn1)c1ccccc1. The van der Waals surface area contributed by atoms with Crippen molar-refractivity contribution in [1.82, 2.24) is 15.3 Å². The molecule has 0 saturated heterocycles. The fourth-order valence-electron chi connectivity index (χ4n) is 2.67. The van der Waals surface area contributed by atoms with Gasteiger partial charge in [-0.3, -0.25) is 4.79 Å². The summed E-state index contributed by atoms with van der Waals surface area (Å²) in [5.74, 6) is 0.0495. The Morgan fingerprint density at radius 1 is 1.07 bits per heavy atom. The molecule has 1 heterocycles. The normalized spacial score (nSPS) is 11.6. The smallest absolute Gasteiger partial charge is 0.270 e. The van der Waals surface area contributed by atoms with Gasteiger partial charge < -0.3 is 10.6 Å². The van der Waals surface area contributed by atoms with Crippen LogP contribution in [0.5, 0.6) is 0 Å². The van der Waals surface area contributed by atoms with E-state index in [1.807, 2.05) is 37.3 Å². The van der Waals surface area contributed by atoms with Crippen LogP contribution in [-0.2, 0) is 6.42 Å². The van der Waals surface area contributed by atoms with Crippen LogP contribution < -0.4 is 10.6 Å². The van der Waals surface area contributed by atoms with Crippen molar-refractivity contribution in [2.75, 3.05) is 11.9 Å². The monoisotopic (exact) mass is 364 g/mol. The van der Waals surface area contributed by atoms with Crippen molar-refractivity contribution in [3.8, 4) is 0 Å². The third-order valence-corrected chi connectivity index (χ3v) is 4.18. The van der Waals surface area contributed by atoms with Crippen LogP contribution in [0, 0.1) is 5.82 Å². The van der Waals surface area contributed by atoms with E-state index < -0.39 is 0 Å². The van der Waals surface area contributed by atoms with Crippen LogP contribution in [0.3, 0.4) is 0 Å². The van der Waals surface area contributed by atoms with Crippen LogP contribution >= 0.6 is 0 Å². The Hall–Kier alpha value is -3.28. The first-order valence-corrected chi connectivity index (χ1v) is 8.78. The standard InChI is InChI=1S/C21H21FN4O/c1-15(17-5-3-2-4-6-17)26-20-13-19(24-14-25-20)21(27)23-12-11-16-7-9-18(22)10-8-16/h2-10,13-15H,11-12H2,1H3,(H,23,27)(H,24,25,26). The highest BCUT2D eigenvalue weighted by atomic mass is 19.1. The minimum absolute atomic E-state index is 0.0514. The summed E-state index contributed by atoms with van der Waals surface area (Å²) in [7, 11) is 0. The summed E-state index contributed by atoms with van der Waals surface area (Å²) in [6.07, 6.45) is 1.99. The molecule has 0 aliphatic rings. The fraction of sp³-hybridized carbons (Fsp3) is 0.190. The van der Waals surface area contributed by atoms with E-state index >= 15 is 0 Å². The van der Waals surface area contributed by atoms with Gasteiger partial charge in [-0.25, -0.2) is 14.4 Å². The fourth-order valence-corrected chi connectivity index (χ4v) is 2.67. The van der Waals surface area contributed by atoms with Gasteiger partial charge in [0.1, 0.15) is 23.7 Å². The number of hydrogen-bond acceptors (Lipinski definition) is 4. The Bertz CT molecular complexity index is 884. The third-order valence-electron chi connectivity index (χ3n) is 4.18. The van der Waals surface area contributed by atoms with Gasteiger partial charge in [0.25, 0.3) is 5.91 Å². The number of benzene rings is 2. The first kappa shape index (κ1) is 18.5. The lowest BCUT2D eigenvalue weighted by atomic mass is 10.1. The summed E-state index contributed by atoms with van der Waals surface area (Å²) in [5, 5.41) is 6.10. The molecular weight excluding hydrogens is 343 g/mol. The average Bonchev–Trinajstić information content (AvgIpc) is 2.70. The van der Waals surface area contributed by atoms with E-state index in [0.717, 1.165) is 11.1 Å². The molecule has 2 aromatic carbocycles. The zero-order valence-corrected chi connectivity index (χ0v) is 15.0. The molecule has 0 fully saturated rings. The van der Waals surface area contributed by atoms with E-state index in [1.165, 1.54) is 18.5 Å². The number of halogens is 1. The molecule has 1 unspecified atom stereocenters. The van der Waals surface area contributed by atoms with Crippen LogP contribution in [-0.4, -0.2) is 22.4 Å². The number of anilines is 1. The molecule has 27 heavy (non-hydrogen) atoms. The second-order valence-electron chi connectivity index (χ2n) is 6.20. The van der Waals surface area contributed by atoms with Crippen molar-refractivity contribution in [1.29, 1.82) is 0 Å². The molecule has 1 atom stereocenters. The molecule has 1 amide bonds. The molecule has 0 aliphatic heterocycles. The van der Waals surface area contributed by atoms with Crippen LogP contribution in [0.4, 0.5) is 10.2 Å². The third kappa shape index (κ3) is 5.34. The van der Waals surface area contributed by atoms with Crippen LogP contribution in [0.1, 0.15) is 34.6 Å². The molecule has 2 N–H and O–H groups in total. The molecule has 0 spiro atoms. The molecular formula is C21H21FN4O. The first-order valence-electron chi connectivity index (χ1n) is 8.78. The number of hydrogen-bond donors (Lipinski definition) is 2. The second-order valence-corrected chi connectivity index (χ2v) is 6.20. The van der Waals surface area contributed by atoms with Crippen molar-refractivity contribution in [3.63, 3.8) is 0 Å². The Balaban J connectivity index is 1.56. The van der Waals surface area contributed by atoms with Gasteiger partial charge in [0.2, 0.25) is 0 Å². The summed E-state index contributed by atoms with van der Waals surface area (Å²) < 4.78 is 12.9. The summed E-state index contributed by atoms with van der Waals surface area (Å²) in [5.41, 5.74) is 2.38. The van der Waals surface area contributed by atoms with Crippen molar-refractivity contribution in [3.05, 3.63) is 89.6 Å². The molecule has 138 valence electrons. The van der Waals surface area contributed by atoms with Gasteiger partial charge in [0, 0.05) is 18.7 Å². The summed E-state index contributed by atoms with van der Waals surface area (Å²) in [4.78, 5) is 20.5. The second kappa shape index (κ2) is 8.89. The van der Waals surface area contributed by atoms with Gasteiger partial charge in [0.15, 0.2) is 0 Å². The Kier molecular flexibility index (Phi) is 6.10. The van der Waals surface area contributed by atoms with Crippen molar-refractivity contribution < 1.29 is 9.18 Å². The average molecular weight is 364 g/mol. The summed E-state index contributed by atoms with van der Waals surface area (Å²) >= 11 is 0. The minimum atomic E-state index is -0.270. The number of aromatic nitrogens is 2. The lowest BCUT2D eigenvalue weighted by Crippen LogP contribution is -2.26. The summed E-state index contributed by atoms with van der Waals surface area (Å²) in [6.45, 7) is 2.47. The molecule has 0 radical (unpaired) electrons. The number of carbonyl (C=O) groups excluding carboxylic acids is 1. The molecule has 6 heteroatoms. The highest BCUT2D eigenvalue weighted by Crippen LogP contribution is 2.17. The van der Waals surface area contributed by atoms with Gasteiger partial charge in [-0.15, -0.1) is 0 Å². The molecule has 1 aromatic heterocycles. The predicted molar refractivity (Wildman–Crippen MR) is 103 cm³/mol. The predicted octanol–water partition coefficient (Wildman–Crippen LogP) is 3.76. The number of rotatable bonds is 7. The lowest BCUT2D eigenvalue weighted by Gasteiger charge is -2.15. The number of amides is 1. The van der Waals surface area contributed by atoms with E-state index in [0.29, 0.717) is 24.5 Å². The molecule has 5 nitrogen and oxygen atoms in total. The maximum Gasteiger partial charge on any atom is 0.270 e. The largest absolute Gasteiger partial charge is 0.363 e. The minimum Gasteiger partial charge on any atom is -0.363 e. The number of nitrogens with zero attached hydrogens (tertiary/aromatic N) is 2. The van der Waals surface area contributed by atoms with Crippen molar-refractivity contribution >= 4 is 11.7 Å². The molecule has 0 bridgehead atoms. The Morgan fingerprint density at radius 3 is 2.56 bits per heavy atom. The van der Waals surface area contributed by atoms with Crippen molar-refractivity contribution in [2.45, 2.75) is 19.4 Å². The number of carbonyl (C=O) groups is 1. The van der Waals surface area contributed by atoms with Crippen LogP contribution in [0.2, 0.25) is 0 Å².